The summed E-state index contributed by atoms with van der Waals surface area (Å²) in [5.74, 6) is -0.414. The maximum Gasteiger partial charge on any atom is 0.249 e. The first-order valence-electron chi connectivity index (χ1n) is 6.42. The molecule has 4 rings (SSSR count). The van der Waals surface area contributed by atoms with E-state index in [2.05, 4.69) is 12.1 Å². The zero-order valence-corrected chi connectivity index (χ0v) is 10.7. The molecule has 0 spiro atoms. The molecular weight excluding hydrogens is 248 g/mol. The lowest BCUT2D eigenvalue weighted by Crippen LogP contribution is -2.11. The highest BCUT2D eigenvalue weighted by molar-refractivity contribution is 6.28. The molecule has 4 aromatic carbocycles. The summed E-state index contributed by atoms with van der Waals surface area (Å²) in [6.07, 6.45) is 0. The van der Waals surface area contributed by atoms with E-state index in [0.29, 0.717) is 11.3 Å². The van der Waals surface area contributed by atoms with Gasteiger partial charge < -0.3 is 11.5 Å². The summed E-state index contributed by atoms with van der Waals surface area (Å²) in [6, 6.07) is 15.7. The molecule has 0 radical (unpaired) electrons. The standard InChI is InChI=1S/C17H12N2O/c18-14-7-6-11-13(17(19)20)8-10-3-1-2-9-4-5-12(14)16(11)15(9)10/h1-8H,18H2,(H2,19,20). The van der Waals surface area contributed by atoms with Gasteiger partial charge in [0, 0.05) is 22.0 Å². The van der Waals surface area contributed by atoms with E-state index < -0.39 is 5.91 Å². The van der Waals surface area contributed by atoms with Gasteiger partial charge in [-0.3, -0.25) is 4.79 Å². The Morgan fingerprint density at radius 2 is 1.60 bits per heavy atom. The number of carbonyl (C=O) groups excluding carboxylic acids is 1. The van der Waals surface area contributed by atoms with Gasteiger partial charge in [-0.15, -0.1) is 0 Å². The van der Waals surface area contributed by atoms with Gasteiger partial charge in [-0.2, -0.15) is 0 Å². The van der Waals surface area contributed by atoms with Crippen LogP contribution in [0.25, 0.3) is 32.3 Å². The monoisotopic (exact) mass is 260 g/mol. The van der Waals surface area contributed by atoms with Crippen molar-refractivity contribution >= 4 is 43.9 Å². The van der Waals surface area contributed by atoms with Crippen molar-refractivity contribution in [3.63, 3.8) is 0 Å². The molecule has 1 amide bonds. The summed E-state index contributed by atoms with van der Waals surface area (Å²) in [4.78, 5) is 11.7. The molecule has 0 atom stereocenters. The van der Waals surface area contributed by atoms with Crippen molar-refractivity contribution in [1.29, 1.82) is 0 Å². The Morgan fingerprint density at radius 1 is 0.850 bits per heavy atom. The number of carbonyl (C=O) groups is 1. The lowest BCUT2D eigenvalue weighted by molar-refractivity contribution is 0.100. The molecule has 0 aliphatic rings. The van der Waals surface area contributed by atoms with Gasteiger partial charge in [-0.1, -0.05) is 36.4 Å². The van der Waals surface area contributed by atoms with Crippen molar-refractivity contribution in [2.45, 2.75) is 0 Å². The summed E-state index contributed by atoms with van der Waals surface area (Å²) in [7, 11) is 0. The molecule has 0 saturated carbocycles. The summed E-state index contributed by atoms with van der Waals surface area (Å²) < 4.78 is 0. The molecule has 96 valence electrons. The number of benzene rings is 4. The quantitative estimate of drug-likeness (QED) is 0.407. The number of rotatable bonds is 1. The fourth-order valence-corrected chi connectivity index (χ4v) is 3.06. The molecule has 0 aliphatic heterocycles. The van der Waals surface area contributed by atoms with E-state index in [4.69, 9.17) is 11.5 Å². The molecule has 0 heterocycles. The van der Waals surface area contributed by atoms with Crippen LogP contribution < -0.4 is 11.5 Å². The highest BCUT2D eigenvalue weighted by atomic mass is 16.1. The van der Waals surface area contributed by atoms with Crippen molar-refractivity contribution in [1.82, 2.24) is 0 Å². The minimum atomic E-state index is -0.414. The third kappa shape index (κ3) is 1.26. The number of nitrogens with two attached hydrogens (primary N) is 2. The van der Waals surface area contributed by atoms with E-state index in [1.807, 2.05) is 36.4 Å². The number of amides is 1. The molecule has 3 heteroatoms. The van der Waals surface area contributed by atoms with Crippen molar-refractivity contribution in [2.75, 3.05) is 5.73 Å². The largest absolute Gasteiger partial charge is 0.398 e. The van der Waals surface area contributed by atoms with E-state index >= 15 is 0 Å². The molecule has 0 aromatic heterocycles. The van der Waals surface area contributed by atoms with Crippen LogP contribution in [-0.2, 0) is 0 Å². The summed E-state index contributed by atoms with van der Waals surface area (Å²) >= 11 is 0. The number of hydrogen-bond acceptors (Lipinski definition) is 2. The van der Waals surface area contributed by atoms with E-state index in [0.717, 1.165) is 32.3 Å². The van der Waals surface area contributed by atoms with Crippen LogP contribution in [0.15, 0.2) is 48.5 Å². The van der Waals surface area contributed by atoms with Gasteiger partial charge >= 0.3 is 0 Å². The van der Waals surface area contributed by atoms with Crippen molar-refractivity contribution < 1.29 is 4.79 Å². The first-order valence-corrected chi connectivity index (χ1v) is 6.42. The van der Waals surface area contributed by atoms with Crippen LogP contribution in [0.1, 0.15) is 10.4 Å². The zero-order chi connectivity index (χ0) is 13.9. The number of anilines is 1. The molecule has 4 aromatic rings. The highest BCUT2D eigenvalue weighted by Gasteiger charge is 2.15. The second-order valence-electron chi connectivity index (χ2n) is 5.06. The average Bonchev–Trinajstić information content (AvgIpc) is 2.45. The number of nitrogen functional groups attached to an aromatic ring is 1. The van der Waals surface area contributed by atoms with Crippen LogP contribution in [0.2, 0.25) is 0 Å². The fourth-order valence-electron chi connectivity index (χ4n) is 3.06. The molecule has 3 nitrogen and oxygen atoms in total. The van der Waals surface area contributed by atoms with Crippen LogP contribution in [-0.4, -0.2) is 5.91 Å². The van der Waals surface area contributed by atoms with Crippen LogP contribution in [0.3, 0.4) is 0 Å². The second-order valence-corrected chi connectivity index (χ2v) is 5.06. The molecule has 0 saturated heterocycles. The molecule has 4 N–H and O–H groups in total. The Hall–Kier alpha value is -2.81. The predicted octanol–water partition coefficient (Wildman–Crippen LogP) is 3.27. The lowest BCUT2D eigenvalue weighted by atomic mass is 9.90. The highest BCUT2D eigenvalue weighted by Crippen LogP contribution is 2.38. The SMILES string of the molecule is NC(=O)c1cc2cccc3ccc4c(N)ccc1c4c32. The van der Waals surface area contributed by atoms with Gasteiger partial charge in [0.1, 0.15) is 0 Å². The normalized spacial score (nSPS) is 11.6. The van der Waals surface area contributed by atoms with Gasteiger partial charge in [0.05, 0.1) is 0 Å². The average molecular weight is 260 g/mol. The first kappa shape index (κ1) is 11.1. The Kier molecular flexibility index (Phi) is 1.99. The zero-order valence-electron chi connectivity index (χ0n) is 10.7. The predicted molar refractivity (Wildman–Crippen MR) is 83.1 cm³/mol. The third-order valence-electron chi connectivity index (χ3n) is 3.94. The minimum absolute atomic E-state index is 0.414. The number of primary amides is 1. The molecule has 0 bridgehead atoms. The molecular formula is C17H12N2O. The second kappa shape index (κ2) is 3.61. The van der Waals surface area contributed by atoms with E-state index in [-0.39, 0.29) is 0 Å². The number of hydrogen-bond donors (Lipinski definition) is 2. The summed E-state index contributed by atoms with van der Waals surface area (Å²) in [5, 5.41) is 6.15. The van der Waals surface area contributed by atoms with Crippen molar-refractivity contribution in [3.8, 4) is 0 Å². The minimum Gasteiger partial charge on any atom is -0.398 e. The van der Waals surface area contributed by atoms with Crippen LogP contribution >= 0.6 is 0 Å². The van der Waals surface area contributed by atoms with Crippen LogP contribution in [0.4, 0.5) is 5.69 Å². The summed E-state index contributed by atoms with van der Waals surface area (Å²) in [5.41, 5.74) is 12.9. The van der Waals surface area contributed by atoms with Crippen molar-refractivity contribution in [3.05, 3.63) is 54.1 Å². The summed E-state index contributed by atoms with van der Waals surface area (Å²) in [6.45, 7) is 0. The Labute approximate surface area is 115 Å². The molecule has 0 aliphatic carbocycles. The topological polar surface area (TPSA) is 69.1 Å². The van der Waals surface area contributed by atoms with E-state index in [1.54, 1.807) is 0 Å². The van der Waals surface area contributed by atoms with Gasteiger partial charge in [0.15, 0.2) is 0 Å². The maximum absolute atomic E-state index is 11.7. The molecule has 20 heavy (non-hydrogen) atoms. The van der Waals surface area contributed by atoms with Gasteiger partial charge in [-0.25, -0.2) is 0 Å². The van der Waals surface area contributed by atoms with E-state index in [9.17, 15) is 4.79 Å². The lowest BCUT2D eigenvalue weighted by Gasteiger charge is -2.14. The fraction of sp³-hybridized carbons (Fsp3) is 0. The van der Waals surface area contributed by atoms with Crippen molar-refractivity contribution in [2.24, 2.45) is 5.73 Å². The van der Waals surface area contributed by atoms with Gasteiger partial charge in [0.2, 0.25) is 5.91 Å². The van der Waals surface area contributed by atoms with E-state index in [1.165, 1.54) is 0 Å². The maximum atomic E-state index is 11.7. The molecule has 0 fully saturated rings. The third-order valence-corrected chi connectivity index (χ3v) is 3.94. The Bertz CT molecular complexity index is 988. The Morgan fingerprint density at radius 3 is 2.40 bits per heavy atom. The van der Waals surface area contributed by atoms with Crippen LogP contribution in [0, 0.1) is 0 Å². The smallest absolute Gasteiger partial charge is 0.249 e. The van der Waals surface area contributed by atoms with Gasteiger partial charge in [-0.05, 0) is 33.7 Å². The van der Waals surface area contributed by atoms with Gasteiger partial charge in [0.25, 0.3) is 0 Å². The molecule has 0 unspecified atom stereocenters. The van der Waals surface area contributed by atoms with Crippen LogP contribution in [0.5, 0.6) is 0 Å². The first-order chi connectivity index (χ1) is 9.66. The Balaban J connectivity index is 2.43.